The summed E-state index contributed by atoms with van der Waals surface area (Å²) in [5.41, 5.74) is 0. The number of hydrogen-bond acceptors (Lipinski definition) is 8. The second kappa shape index (κ2) is 10.3. The Morgan fingerprint density at radius 1 is 0.840 bits per heavy atom. The second-order valence-corrected chi connectivity index (χ2v) is 12.4. The Morgan fingerprint density at radius 2 is 1.12 bits per heavy atom. The molecule has 2 rings (SSSR count). The van der Waals surface area contributed by atoms with Crippen molar-refractivity contribution in [1.29, 1.82) is 0 Å². The van der Waals surface area contributed by atoms with Gasteiger partial charge in [-0.25, -0.2) is 16.8 Å². The molecule has 2 saturated heterocycles. The molecular weight excluding hydrogens is 492 g/mol. The third kappa shape index (κ3) is 8.46. The average molecular weight is 512 g/mol. The molecule has 2 heterocycles. The molecule has 2 aliphatic rings. The summed E-state index contributed by atoms with van der Waals surface area (Å²) < 4.78 is 44.9. The van der Waals surface area contributed by atoms with Crippen LogP contribution in [0.25, 0.3) is 0 Å². The molecule has 0 N–H and O–H groups in total. The molecule has 149 valence electrons. The van der Waals surface area contributed by atoms with Gasteiger partial charge in [0.05, 0.1) is 23.0 Å². The van der Waals surface area contributed by atoms with E-state index in [4.69, 9.17) is 49.7 Å². The smallest absolute Gasteiger partial charge is 0.411 e. The summed E-state index contributed by atoms with van der Waals surface area (Å²) in [6.07, 6.45) is 1.30. The Bertz CT molecular complexity index is 636. The van der Waals surface area contributed by atoms with Gasteiger partial charge in [-0.1, -0.05) is 8.64 Å². The van der Waals surface area contributed by atoms with Gasteiger partial charge in [0.2, 0.25) is 0 Å². The van der Waals surface area contributed by atoms with Crippen LogP contribution in [0.15, 0.2) is 0 Å². The quantitative estimate of drug-likeness (QED) is 0.284. The van der Waals surface area contributed by atoms with E-state index in [0.29, 0.717) is 21.5 Å². The fraction of sp³-hybridized carbons (Fsp3) is 0.833. The van der Waals surface area contributed by atoms with Crippen LogP contribution in [0, 0.1) is 0 Å². The van der Waals surface area contributed by atoms with Gasteiger partial charge in [0, 0.05) is 26.2 Å². The molecule has 13 heteroatoms. The molecule has 2 atom stereocenters. The largest absolute Gasteiger partial charge is 2.00 e. The molecule has 0 aromatic carbocycles. The Hall–Kier alpha value is 0.639. The molecule has 6 nitrogen and oxygen atoms in total. The van der Waals surface area contributed by atoms with Gasteiger partial charge in [-0.05, 0) is 12.8 Å². The van der Waals surface area contributed by atoms with Crippen LogP contribution in [0.1, 0.15) is 12.8 Å². The summed E-state index contributed by atoms with van der Waals surface area (Å²) in [5.74, 6) is 0.917. The summed E-state index contributed by atoms with van der Waals surface area (Å²) in [6, 6.07) is -0.000000000000000444. The third-order valence-corrected chi connectivity index (χ3v) is 8.74. The molecule has 0 aromatic rings. The second-order valence-electron chi connectivity index (χ2n) is 5.87. The number of rotatable bonds is 2. The van der Waals surface area contributed by atoms with Crippen molar-refractivity contribution >= 4 is 78.0 Å². The first-order valence-corrected chi connectivity index (χ1v) is 12.4. The van der Waals surface area contributed by atoms with Crippen molar-refractivity contribution in [3.05, 3.63) is 0 Å². The number of sulfone groups is 2. The van der Waals surface area contributed by atoms with Gasteiger partial charge in [-0.2, -0.15) is 0 Å². The van der Waals surface area contributed by atoms with E-state index in [1.807, 2.05) is 0 Å². The maximum absolute atomic E-state index is 11.1. The Balaban J connectivity index is 0.000000443. The van der Waals surface area contributed by atoms with Crippen LogP contribution in [-0.2, 0) is 62.0 Å². The minimum absolute atomic E-state index is 0. The van der Waals surface area contributed by atoms with Gasteiger partial charge in [-0.15, -0.1) is 0 Å². The summed E-state index contributed by atoms with van der Waals surface area (Å²) in [5, 5.41) is 0. The normalized spacial score (nSPS) is 25.8. The van der Waals surface area contributed by atoms with Crippen LogP contribution in [0.4, 0.5) is 0 Å². The Labute approximate surface area is 182 Å². The summed E-state index contributed by atoms with van der Waals surface area (Å²) in [4.78, 5) is 3.38. The Kier molecular flexibility index (Phi) is 10.5. The molecular formula is C12H20CuN2O4S6. The van der Waals surface area contributed by atoms with E-state index in [1.54, 1.807) is 23.9 Å². The van der Waals surface area contributed by atoms with E-state index in [2.05, 4.69) is 0 Å². The molecule has 0 aliphatic carbocycles. The molecule has 0 aromatic heterocycles. The SMILES string of the molecule is CN(C(=S)[S-])C1CCS(=O)(=O)C1.CN(C(=S)[S-])C1CCS(=O)(=O)C1.[Cu+2]. The van der Waals surface area contributed by atoms with Crippen molar-refractivity contribution < 1.29 is 33.9 Å². The minimum Gasteiger partial charge on any atom is -0.411 e. The van der Waals surface area contributed by atoms with Crippen molar-refractivity contribution in [2.24, 2.45) is 0 Å². The van der Waals surface area contributed by atoms with Crippen LogP contribution in [-0.4, -0.2) is 84.5 Å². The van der Waals surface area contributed by atoms with Gasteiger partial charge in [-0.3, -0.25) is 0 Å². The zero-order valence-electron chi connectivity index (χ0n) is 13.7. The van der Waals surface area contributed by atoms with Crippen LogP contribution < -0.4 is 0 Å². The first-order valence-electron chi connectivity index (χ1n) is 7.13. The van der Waals surface area contributed by atoms with Crippen LogP contribution in [0.3, 0.4) is 0 Å². The van der Waals surface area contributed by atoms with E-state index in [-0.39, 0.29) is 52.2 Å². The maximum Gasteiger partial charge on any atom is 2.00 e. The molecule has 2 aliphatic heterocycles. The molecule has 25 heavy (non-hydrogen) atoms. The topological polar surface area (TPSA) is 74.8 Å². The maximum atomic E-state index is 11.1. The van der Waals surface area contributed by atoms with Crippen molar-refractivity contribution in [2.45, 2.75) is 24.9 Å². The third-order valence-electron chi connectivity index (χ3n) is 4.09. The van der Waals surface area contributed by atoms with Crippen molar-refractivity contribution in [1.82, 2.24) is 9.80 Å². The zero-order chi connectivity index (χ0) is 18.7. The van der Waals surface area contributed by atoms with E-state index < -0.39 is 19.7 Å². The summed E-state index contributed by atoms with van der Waals surface area (Å²) >= 11 is 19.1. The van der Waals surface area contributed by atoms with Gasteiger partial charge in [0.25, 0.3) is 0 Å². The molecule has 0 saturated carbocycles. The monoisotopic (exact) mass is 511 g/mol. The predicted molar refractivity (Wildman–Crippen MR) is 110 cm³/mol. The minimum atomic E-state index is -2.82. The number of thiocarbonyl (C=S) groups is 2. The van der Waals surface area contributed by atoms with E-state index >= 15 is 0 Å². The van der Waals surface area contributed by atoms with Crippen molar-refractivity contribution in [3.8, 4) is 0 Å². The first-order chi connectivity index (χ1) is 10.8. The van der Waals surface area contributed by atoms with E-state index in [1.165, 1.54) is 0 Å². The van der Waals surface area contributed by atoms with E-state index in [0.717, 1.165) is 0 Å². The average Bonchev–Trinajstić information content (AvgIpc) is 2.99. The molecule has 2 fully saturated rings. The molecule has 0 bridgehead atoms. The molecule has 0 amide bonds. The predicted octanol–water partition coefficient (Wildman–Crippen LogP) is -0.128. The van der Waals surface area contributed by atoms with Gasteiger partial charge < -0.3 is 59.5 Å². The summed E-state index contributed by atoms with van der Waals surface area (Å²) in [7, 11) is -2.14. The van der Waals surface area contributed by atoms with Crippen molar-refractivity contribution in [3.63, 3.8) is 0 Å². The van der Waals surface area contributed by atoms with Crippen LogP contribution in [0.2, 0.25) is 0 Å². The van der Waals surface area contributed by atoms with Crippen LogP contribution in [0.5, 0.6) is 0 Å². The van der Waals surface area contributed by atoms with Gasteiger partial charge in [0.1, 0.15) is 0 Å². The van der Waals surface area contributed by atoms with Crippen molar-refractivity contribution in [2.75, 3.05) is 37.1 Å². The van der Waals surface area contributed by atoms with Gasteiger partial charge in [0.15, 0.2) is 19.7 Å². The fourth-order valence-corrected chi connectivity index (χ4v) is 6.60. The number of hydrogen-bond donors (Lipinski definition) is 0. The molecule has 0 spiro atoms. The fourth-order valence-electron chi connectivity index (χ4n) is 2.46. The summed E-state index contributed by atoms with van der Waals surface area (Å²) in [6.45, 7) is 0. The zero-order valence-corrected chi connectivity index (χ0v) is 19.5. The van der Waals surface area contributed by atoms with Crippen LogP contribution >= 0.6 is 24.4 Å². The van der Waals surface area contributed by atoms with Gasteiger partial charge >= 0.3 is 17.1 Å². The first kappa shape index (κ1) is 25.6. The Morgan fingerprint density at radius 3 is 1.28 bits per heavy atom. The number of nitrogens with zero attached hydrogens (tertiary/aromatic N) is 2. The molecule has 1 radical (unpaired) electrons. The van der Waals surface area contributed by atoms with E-state index in [9.17, 15) is 16.8 Å². The molecule has 2 unspecified atom stereocenters. The standard InChI is InChI=1S/2C6H11NO2S3.Cu/c2*1-7(6(10)11)5-2-3-12(8,9)4-5;/h2*5H,2-4H2,1H3,(H,10,11);/q;;+2/p-2.